The van der Waals surface area contributed by atoms with Crippen molar-refractivity contribution in [1.82, 2.24) is 0 Å². The van der Waals surface area contributed by atoms with Gasteiger partial charge in [0, 0.05) is 5.56 Å². The van der Waals surface area contributed by atoms with Gasteiger partial charge in [-0.25, -0.2) is 0 Å². The summed E-state index contributed by atoms with van der Waals surface area (Å²) >= 11 is 0. The van der Waals surface area contributed by atoms with Crippen LogP contribution in [0.1, 0.15) is 96.6 Å². The molecule has 0 amide bonds. The Hall–Kier alpha value is -1.76. The smallest absolute Gasteiger partial charge is 0.123 e. The number of hydrogen-bond acceptors (Lipinski definition) is 1. The van der Waals surface area contributed by atoms with E-state index < -0.39 is 0 Å². The van der Waals surface area contributed by atoms with Crippen LogP contribution in [0.5, 0.6) is 5.75 Å². The van der Waals surface area contributed by atoms with Crippen LogP contribution >= 0.6 is 0 Å². The molecule has 0 bridgehead atoms. The molecule has 0 aromatic heterocycles. The van der Waals surface area contributed by atoms with Gasteiger partial charge in [0.05, 0.1) is 0 Å². The Labute approximate surface area is 173 Å². The van der Waals surface area contributed by atoms with E-state index in [1.807, 2.05) is 0 Å². The second-order valence-corrected chi connectivity index (χ2v) is 11.3. The largest absolute Gasteiger partial charge is 0.507 e. The number of aromatic hydroxyl groups is 1. The average Bonchev–Trinajstić information content (AvgIpc) is 2.53. The molecule has 1 heteroatoms. The second-order valence-electron chi connectivity index (χ2n) is 11.3. The van der Waals surface area contributed by atoms with Crippen LogP contribution in [0.15, 0.2) is 36.4 Å². The van der Waals surface area contributed by atoms with Crippen molar-refractivity contribution in [1.29, 1.82) is 0 Å². The lowest BCUT2D eigenvalue weighted by molar-refractivity contribution is 0.412. The van der Waals surface area contributed by atoms with Crippen LogP contribution in [0.25, 0.3) is 0 Å². The first-order valence-electron chi connectivity index (χ1n) is 10.7. The van der Waals surface area contributed by atoms with E-state index in [0.717, 1.165) is 30.4 Å². The molecule has 0 fully saturated rings. The van der Waals surface area contributed by atoms with Gasteiger partial charge in [-0.3, -0.25) is 0 Å². The van der Waals surface area contributed by atoms with Crippen LogP contribution in [0, 0.1) is 0 Å². The summed E-state index contributed by atoms with van der Waals surface area (Å²) in [6.07, 6.45) is 3.24. The van der Waals surface area contributed by atoms with E-state index >= 15 is 0 Å². The number of phenolic OH excluding ortho intramolecular Hbond substituents is 1. The third-order valence-corrected chi connectivity index (χ3v) is 5.44. The van der Waals surface area contributed by atoms with Crippen molar-refractivity contribution in [2.24, 2.45) is 0 Å². The fourth-order valence-corrected chi connectivity index (χ4v) is 4.21. The number of rotatable bonds is 4. The van der Waals surface area contributed by atoms with Crippen LogP contribution in [-0.4, -0.2) is 5.11 Å². The summed E-state index contributed by atoms with van der Waals surface area (Å²) < 4.78 is 0. The van der Waals surface area contributed by atoms with E-state index in [2.05, 4.69) is 98.7 Å². The number of hydrogen-bond donors (Lipinski definition) is 1. The lowest BCUT2D eigenvalue weighted by Gasteiger charge is -2.36. The van der Waals surface area contributed by atoms with Gasteiger partial charge in [0.15, 0.2) is 0 Å². The summed E-state index contributed by atoms with van der Waals surface area (Å²) in [5, 5.41) is 11.3. The topological polar surface area (TPSA) is 20.2 Å². The maximum Gasteiger partial charge on any atom is 0.123 e. The Morgan fingerprint density at radius 2 is 1.21 bits per heavy atom. The molecule has 2 aromatic carbocycles. The summed E-state index contributed by atoms with van der Waals surface area (Å²) in [6.45, 7) is 20.1. The van der Waals surface area contributed by atoms with E-state index in [-0.39, 0.29) is 16.2 Å². The zero-order valence-electron chi connectivity index (χ0n) is 19.5. The van der Waals surface area contributed by atoms with Crippen LogP contribution in [-0.2, 0) is 29.1 Å². The standard InChI is InChI=1S/C27H40O/c1-25(2,3)21-18-20(17-13-16-19-14-11-10-12-15-19)22(26(4,5)6)23(24(21)28)27(7,8)9/h10-12,14-15,18,28H,13,16-17H2,1-9H3. The molecular weight excluding hydrogens is 340 g/mol. The molecule has 1 N–H and O–H groups in total. The van der Waals surface area contributed by atoms with Crippen molar-refractivity contribution in [3.8, 4) is 5.75 Å². The van der Waals surface area contributed by atoms with Gasteiger partial charge in [-0.1, -0.05) is 98.7 Å². The Kier molecular flexibility index (Phi) is 6.38. The van der Waals surface area contributed by atoms with E-state index in [4.69, 9.17) is 0 Å². The molecule has 0 aliphatic rings. The SMILES string of the molecule is CC(C)(C)c1cc(CCCc2ccccc2)c(C(C)(C)C)c(C(C)(C)C)c1O. The van der Waals surface area contributed by atoms with Gasteiger partial charge in [0.1, 0.15) is 5.75 Å². The molecule has 0 saturated carbocycles. The Morgan fingerprint density at radius 3 is 1.68 bits per heavy atom. The Bertz CT molecular complexity index is 793. The molecular formula is C27H40O. The third kappa shape index (κ3) is 5.19. The zero-order chi connectivity index (χ0) is 21.3. The first-order chi connectivity index (χ1) is 12.7. The van der Waals surface area contributed by atoms with Crippen molar-refractivity contribution < 1.29 is 5.11 Å². The number of phenols is 1. The fraction of sp³-hybridized carbons (Fsp3) is 0.556. The van der Waals surface area contributed by atoms with Crippen LogP contribution in [0.2, 0.25) is 0 Å². The van der Waals surface area contributed by atoms with Gasteiger partial charge >= 0.3 is 0 Å². The van der Waals surface area contributed by atoms with Gasteiger partial charge in [-0.2, -0.15) is 0 Å². The van der Waals surface area contributed by atoms with E-state index in [9.17, 15) is 5.11 Å². The molecule has 0 saturated heterocycles. The first kappa shape index (κ1) is 22.5. The van der Waals surface area contributed by atoms with Crippen molar-refractivity contribution in [3.63, 3.8) is 0 Å². The molecule has 0 aliphatic heterocycles. The lowest BCUT2D eigenvalue weighted by atomic mass is 9.69. The third-order valence-electron chi connectivity index (χ3n) is 5.44. The summed E-state index contributed by atoms with van der Waals surface area (Å²) in [6, 6.07) is 13.0. The number of aryl methyl sites for hydroxylation is 2. The first-order valence-corrected chi connectivity index (χ1v) is 10.7. The van der Waals surface area contributed by atoms with Crippen molar-refractivity contribution in [2.75, 3.05) is 0 Å². The van der Waals surface area contributed by atoms with Gasteiger partial charge in [0.25, 0.3) is 0 Å². The molecule has 0 aliphatic carbocycles. The van der Waals surface area contributed by atoms with Gasteiger partial charge in [0.2, 0.25) is 0 Å². The van der Waals surface area contributed by atoms with E-state index in [0.29, 0.717) is 5.75 Å². The van der Waals surface area contributed by atoms with Crippen LogP contribution < -0.4 is 0 Å². The molecule has 0 unspecified atom stereocenters. The minimum absolute atomic E-state index is 0.0153. The predicted octanol–water partition coefficient (Wildman–Crippen LogP) is 7.46. The molecule has 0 atom stereocenters. The molecule has 2 rings (SSSR count). The maximum absolute atomic E-state index is 11.3. The molecule has 0 spiro atoms. The molecule has 2 aromatic rings. The second kappa shape index (κ2) is 7.93. The fourth-order valence-electron chi connectivity index (χ4n) is 4.21. The summed E-state index contributed by atoms with van der Waals surface area (Å²) in [7, 11) is 0. The van der Waals surface area contributed by atoms with Crippen molar-refractivity contribution in [2.45, 2.75) is 97.8 Å². The highest BCUT2D eigenvalue weighted by Gasteiger charge is 2.34. The number of benzene rings is 2. The maximum atomic E-state index is 11.3. The molecule has 154 valence electrons. The summed E-state index contributed by atoms with van der Waals surface area (Å²) in [5.74, 6) is 0.497. The average molecular weight is 381 g/mol. The van der Waals surface area contributed by atoms with Gasteiger partial charge in [-0.05, 0) is 57.8 Å². The summed E-state index contributed by atoms with van der Waals surface area (Å²) in [4.78, 5) is 0. The van der Waals surface area contributed by atoms with Crippen LogP contribution in [0.3, 0.4) is 0 Å². The molecule has 0 heterocycles. The van der Waals surface area contributed by atoms with E-state index in [1.54, 1.807) is 0 Å². The molecule has 1 nitrogen and oxygen atoms in total. The highest BCUT2D eigenvalue weighted by Crippen LogP contribution is 2.46. The molecule has 0 radical (unpaired) electrons. The van der Waals surface area contributed by atoms with Gasteiger partial charge in [-0.15, -0.1) is 0 Å². The monoisotopic (exact) mass is 380 g/mol. The quantitative estimate of drug-likeness (QED) is 0.583. The normalized spacial score (nSPS) is 13.0. The van der Waals surface area contributed by atoms with E-state index in [1.165, 1.54) is 16.7 Å². The summed E-state index contributed by atoms with van der Waals surface area (Å²) in [5.41, 5.74) is 6.11. The van der Waals surface area contributed by atoms with Gasteiger partial charge < -0.3 is 5.11 Å². The van der Waals surface area contributed by atoms with Crippen LogP contribution in [0.4, 0.5) is 0 Å². The minimum Gasteiger partial charge on any atom is -0.507 e. The molecule has 28 heavy (non-hydrogen) atoms. The minimum atomic E-state index is -0.109. The highest BCUT2D eigenvalue weighted by molar-refractivity contribution is 5.57. The highest BCUT2D eigenvalue weighted by atomic mass is 16.3. The predicted molar refractivity (Wildman–Crippen MR) is 123 cm³/mol. The zero-order valence-corrected chi connectivity index (χ0v) is 19.5. The lowest BCUT2D eigenvalue weighted by Crippen LogP contribution is -2.26. The Morgan fingerprint density at radius 1 is 0.679 bits per heavy atom. The Balaban J connectivity index is 2.58. The van der Waals surface area contributed by atoms with Crippen molar-refractivity contribution in [3.05, 3.63) is 64.2 Å². The van der Waals surface area contributed by atoms with Crippen molar-refractivity contribution >= 4 is 0 Å².